The van der Waals surface area contributed by atoms with Gasteiger partial charge in [-0.05, 0) is 24.0 Å². The molecule has 0 bridgehead atoms. The summed E-state index contributed by atoms with van der Waals surface area (Å²) in [5.41, 5.74) is 2.11. The van der Waals surface area contributed by atoms with E-state index in [0.717, 1.165) is 24.0 Å². The number of carboxylic acid groups (broad SMARTS) is 1. The molecule has 0 saturated heterocycles. The van der Waals surface area contributed by atoms with E-state index in [4.69, 9.17) is 0 Å². The van der Waals surface area contributed by atoms with Crippen molar-refractivity contribution in [3.63, 3.8) is 0 Å². The zero-order valence-corrected chi connectivity index (χ0v) is 14.9. The molecule has 2 atom stereocenters. The van der Waals surface area contributed by atoms with Crippen LogP contribution in [0.15, 0.2) is 60.7 Å². The Bertz CT molecular complexity index is 688. The van der Waals surface area contributed by atoms with Crippen LogP contribution >= 0.6 is 0 Å². The average molecular weight is 351 g/mol. The van der Waals surface area contributed by atoms with Gasteiger partial charge in [-0.15, -0.1) is 0 Å². The largest absolute Gasteiger partial charge is 0.481 e. The highest BCUT2D eigenvalue weighted by atomic mass is 16.4. The van der Waals surface area contributed by atoms with Crippen molar-refractivity contribution in [1.29, 1.82) is 0 Å². The molecule has 1 N–H and O–H groups in total. The maximum atomic E-state index is 13.3. The molecule has 1 fully saturated rings. The highest BCUT2D eigenvalue weighted by molar-refractivity contribution is 5.85. The van der Waals surface area contributed by atoms with Gasteiger partial charge in [-0.2, -0.15) is 0 Å². The number of amides is 1. The van der Waals surface area contributed by atoms with Gasteiger partial charge < -0.3 is 10.0 Å². The molecule has 0 aromatic heterocycles. The van der Waals surface area contributed by atoms with Crippen molar-refractivity contribution in [2.24, 2.45) is 11.8 Å². The van der Waals surface area contributed by atoms with Gasteiger partial charge in [0.1, 0.15) is 0 Å². The highest BCUT2D eigenvalue weighted by Gasteiger charge is 2.37. The SMILES string of the molecule is O=C(O)[C@@H]1CCCC[C@H]1C(=O)N(Cc1ccccc1)Cc1ccccc1. The standard InChI is InChI=1S/C22H25NO3/c24-21(19-13-7-8-14-20(19)22(25)26)23(15-17-9-3-1-4-10-17)16-18-11-5-2-6-12-18/h1-6,9-12,19-20H,7-8,13-16H2,(H,25,26)/t19-,20-/m1/s1. The Labute approximate surface area is 154 Å². The molecule has 1 aliphatic rings. The topological polar surface area (TPSA) is 57.6 Å². The number of aliphatic carboxylic acids is 1. The quantitative estimate of drug-likeness (QED) is 0.852. The summed E-state index contributed by atoms with van der Waals surface area (Å²) in [7, 11) is 0. The van der Waals surface area contributed by atoms with Gasteiger partial charge in [0.25, 0.3) is 0 Å². The lowest BCUT2D eigenvalue weighted by molar-refractivity contribution is -0.152. The number of benzene rings is 2. The van der Waals surface area contributed by atoms with Gasteiger partial charge in [-0.3, -0.25) is 9.59 Å². The smallest absolute Gasteiger partial charge is 0.307 e. The van der Waals surface area contributed by atoms with Crippen molar-refractivity contribution in [3.05, 3.63) is 71.8 Å². The van der Waals surface area contributed by atoms with Crippen LogP contribution in [0.5, 0.6) is 0 Å². The second-order valence-corrected chi connectivity index (χ2v) is 7.00. The summed E-state index contributed by atoms with van der Waals surface area (Å²) in [5, 5.41) is 9.55. The molecule has 0 spiro atoms. The minimum Gasteiger partial charge on any atom is -0.481 e. The molecule has 2 aromatic carbocycles. The van der Waals surface area contributed by atoms with Gasteiger partial charge in [-0.25, -0.2) is 0 Å². The van der Waals surface area contributed by atoms with Crippen LogP contribution < -0.4 is 0 Å². The average Bonchev–Trinajstić information content (AvgIpc) is 2.68. The minimum absolute atomic E-state index is 0.0372. The predicted molar refractivity (Wildman–Crippen MR) is 100 cm³/mol. The molecule has 0 radical (unpaired) electrons. The molecule has 1 saturated carbocycles. The lowest BCUT2D eigenvalue weighted by Gasteiger charge is -2.33. The minimum atomic E-state index is -0.845. The van der Waals surface area contributed by atoms with Gasteiger partial charge in [0.15, 0.2) is 0 Å². The summed E-state index contributed by atoms with van der Waals surface area (Å²) >= 11 is 0. The number of nitrogens with zero attached hydrogens (tertiary/aromatic N) is 1. The maximum Gasteiger partial charge on any atom is 0.307 e. The number of hydrogen-bond donors (Lipinski definition) is 1. The number of carboxylic acids is 1. The van der Waals surface area contributed by atoms with E-state index in [2.05, 4.69) is 0 Å². The van der Waals surface area contributed by atoms with E-state index in [1.807, 2.05) is 65.6 Å². The molecule has 136 valence electrons. The normalized spacial score (nSPS) is 19.7. The van der Waals surface area contributed by atoms with Crippen molar-refractivity contribution >= 4 is 11.9 Å². The summed E-state index contributed by atoms with van der Waals surface area (Å²) in [6, 6.07) is 19.7. The van der Waals surface area contributed by atoms with Crippen LogP contribution in [-0.2, 0) is 22.7 Å². The van der Waals surface area contributed by atoms with Crippen LogP contribution in [0.25, 0.3) is 0 Å². The molecule has 4 heteroatoms. The van der Waals surface area contributed by atoms with E-state index in [1.54, 1.807) is 0 Å². The number of rotatable bonds is 6. The molecule has 1 aliphatic carbocycles. The summed E-state index contributed by atoms with van der Waals surface area (Å²) in [6.45, 7) is 0.995. The molecule has 2 aromatic rings. The van der Waals surface area contributed by atoms with Crippen LogP contribution in [0.1, 0.15) is 36.8 Å². The lowest BCUT2D eigenvalue weighted by atomic mass is 9.78. The van der Waals surface area contributed by atoms with Crippen molar-refractivity contribution in [1.82, 2.24) is 4.90 Å². The van der Waals surface area contributed by atoms with E-state index in [1.165, 1.54) is 0 Å². The second kappa shape index (κ2) is 8.65. The van der Waals surface area contributed by atoms with E-state index in [0.29, 0.717) is 25.9 Å². The number of hydrogen-bond acceptors (Lipinski definition) is 2. The van der Waals surface area contributed by atoms with Crippen LogP contribution in [-0.4, -0.2) is 21.9 Å². The Balaban J connectivity index is 1.83. The molecule has 4 nitrogen and oxygen atoms in total. The Morgan fingerprint density at radius 3 is 1.73 bits per heavy atom. The highest BCUT2D eigenvalue weighted by Crippen LogP contribution is 2.32. The van der Waals surface area contributed by atoms with E-state index >= 15 is 0 Å². The van der Waals surface area contributed by atoms with Gasteiger partial charge in [0.05, 0.1) is 11.8 Å². The zero-order valence-electron chi connectivity index (χ0n) is 14.9. The molecular formula is C22H25NO3. The van der Waals surface area contributed by atoms with Crippen LogP contribution in [0.2, 0.25) is 0 Å². The zero-order chi connectivity index (χ0) is 18.4. The van der Waals surface area contributed by atoms with Crippen molar-refractivity contribution < 1.29 is 14.7 Å². The van der Waals surface area contributed by atoms with Crippen molar-refractivity contribution in [2.75, 3.05) is 0 Å². The fourth-order valence-corrected chi connectivity index (χ4v) is 3.78. The first-order valence-corrected chi connectivity index (χ1v) is 9.24. The van der Waals surface area contributed by atoms with E-state index in [9.17, 15) is 14.7 Å². The fraction of sp³-hybridized carbons (Fsp3) is 0.364. The van der Waals surface area contributed by atoms with Gasteiger partial charge in [0.2, 0.25) is 5.91 Å². The lowest BCUT2D eigenvalue weighted by Crippen LogP contribution is -2.42. The first-order chi connectivity index (χ1) is 12.6. The van der Waals surface area contributed by atoms with Crippen LogP contribution in [0.4, 0.5) is 0 Å². The molecular weight excluding hydrogens is 326 g/mol. The Morgan fingerprint density at radius 1 is 0.808 bits per heavy atom. The molecule has 0 heterocycles. The predicted octanol–water partition coefficient (Wildman–Crippen LogP) is 4.11. The second-order valence-electron chi connectivity index (χ2n) is 7.00. The van der Waals surface area contributed by atoms with Gasteiger partial charge in [0, 0.05) is 13.1 Å². The fourth-order valence-electron chi connectivity index (χ4n) is 3.78. The van der Waals surface area contributed by atoms with Crippen molar-refractivity contribution in [3.8, 4) is 0 Å². The Hall–Kier alpha value is -2.62. The molecule has 3 rings (SSSR count). The van der Waals surface area contributed by atoms with Crippen LogP contribution in [0, 0.1) is 11.8 Å². The summed E-state index contributed by atoms with van der Waals surface area (Å²) in [4.78, 5) is 26.7. The third-order valence-corrected chi connectivity index (χ3v) is 5.14. The Kier molecular flexibility index (Phi) is 6.05. The summed E-state index contributed by atoms with van der Waals surface area (Å²) in [6.07, 6.45) is 3.06. The third kappa shape index (κ3) is 4.51. The first-order valence-electron chi connectivity index (χ1n) is 9.24. The summed E-state index contributed by atoms with van der Waals surface area (Å²) in [5.74, 6) is -1.87. The first kappa shape index (κ1) is 18.2. The third-order valence-electron chi connectivity index (χ3n) is 5.14. The number of carbonyl (C=O) groups excluding carboxylic acids is 1. The molecule has 0 aliphatic heterocycles. The van der Waals surface area contributed by atoms with E-state index < -0.39 is 17.8 Å². The van der Waals surface area contributed by atoms with E-state index in [-0.39, 0.29) is 5.91 Å². The van der Waals surface area contributed by atoms with Crippen molar-refractivity contribution in [2.45, 2.75) is 38.8 Å². The molecule has 0 unspecified atom stereocenters. The van der Waals surface area contributed by atoms with Gasteiger partial charge in [-0.1, -0.05) is 73.5 Å². The molecule has 1 amide bonds. The summed E-state index contributed by atoms with van der Waals surface area (Å²) < 4.78 is 0. The maximum absolute atomic E-state index is 13.3. The molecule has 26 heavy (non-hydrogen) atoms. The Morgan fingerprint density at radius 2 is 1.27 bits per heavy atom. The van der Waals surface area contributed by atoms with Gasteiger partial charge >= 0.3 is 5.97 Å². The van der Waals surface area contributed by atoms with Crippen LogP contribution in [0.3, 0.4) is 0 Å². The monoisotopic (exact) mass is 351 g/mol. The number of carbonyl (C=O) groups is 2.